The average Bonchev–Trinajstić information content (AvgIpc) is 2.67. The maximum absolute atomic E-state index is 13.3. The van der Waals surface area contributed by atoms with Crippen LogP contribution in [0.5, 0.6) is 0 Å². The van der Waals surface area contributed by atoms with Gasteiger partial charge in [0, 0.05) is 42.9 Å². The third kappa shape index (κ3) is 5.04. The van der Waals surface area contributed by atoms with Crippen LogP contribution in [0.15, 0.2) is 29.1 Å². The second-order valence-corrected chi connectivity index (χ2v) is 6.75. The number of amides is 1. The second-order valence-electron chi connectivity index (χ2n) is 6.75. The Balaban J connectivity index is 2.55. The highest BCUT2D eigenvalue weighted by Gasteiger charge is 2.20. The van der Waals surface area contributed by atoms with Crippen LogP contribution in [-0.2, 0) is 17.8 Å². The van der Waals surface area contributed by atoms with Gasteiger partial charge in [-0.15, -0.1) is 0 Å². The minimum atomic E-state index is -0.389. The van der Waals surface area contributed by atoms with Gasteiger partial charge in [0.15, 0.2) is 0 Å². The van der Waals surface area contributed by atoms with Crippen molar-refractivity contribution in [2.24, 2.45) is 0 Å². The summed E-state index contributed by atoms with van der Waals surface area (Å²) in [5.41, 5.74) is 1.10. The number of carbonyl (C=O) groups is 1. The first-order valence-electron chi connectivity index (χ1n) is 9.67. The average molecular weight is 389 g/mol. The number of benzene rings is 1. The fraction of sp³-hybridized carbons (Fsp3) is 0.476. The molecule has 1 aromatic carbocycles. The van der Waals surface area contributed by atoms with E-state index in [-0.39, 0.29) is 36.9 Å². The van der Waals surface area contributed by atoms with Gasteiger partial charge in [-0.1, -0.05) is 13.8 Å². The van der Waals surface area contributed by atoms with E-state index in [0.717, 1.165) is 12.8 Å². The van der Waals surface area contributed by atoms with Crippen molar-refractivity contribution in [2.75, 3.05) is 19.7 Å². The summed E-state index contributed by atoms with van der Waals surface area (Å²) >= 11 is 0. The lowest BCUT2D eigenvalue weighted by Crippen LogP contribution is -2.39. The molecule has 1 heterocycles. The second kappa shape index (κ2) is 10.1. The largest absolute Gasteiger partial charge is 0.396 e. The number of aromatic nitrogens is 2. The van der Waals surface area contributed by atoms with Crippen molar-refractivity contribution in [3.05, 3.63) is 51.7 Å². The predicted molar refractivity (Wildman–Crippen MR) is 107 cm³/mol. The molecule has 0 unspecified atom stereocenters. The van der Waals surface area contributed by atoms with E-state index in [1.54, 1.807) is 24.0 Å². The van der Waals surface area contributed by atoms with Crippen LogP contribution < -0.4 is 5.56 Å². The Morgan fingerprint density at radius 2 is 1.79 bits per heavy atom. The summed E-state index contributed by atoms with van der Waals surface area (Å²) in [7, 11) is 0. The highest BCUT2D eigenvalue weighted by Crippen LogP contribution is 2.18. The van der Waals surface area contributed by atoms with Crippen molar-refractivity contribution >= 4 is 5.91 Å². The molecule has 2 aromatic rings. The minimum absolute atomic E-state index is 0.142. The standard InChI is InChI=1S/C21H28FN3O3/c1-4-11-24(12-5-2)19(27)14-25-20(16-6-8-17(22)9-7-16)23-15(3)18(10-13-26)21(25)28/h6-9,26H,4-5,10-14H2,1-3H3. The zero-order valence-corrected chi connectivity index (χ0v) is 16.7. The Kier molecular flexibility index (Phi) is 7.87. The van der Waals surface area contributed by atoms with Crippen molar-refractivity contribution in [1.29, 1.82) is 0 Å². The molecule has 1 amide bonds. The maximum Gasteiger partial charge on any atom is 0.257 e. The highest BCUT2D eigenvalue weighted by atomic mass is 19.1. The topological polar surface area (TPSA) is 75.4 Å². The summed E-state index contributed by atoms with van der Waals surface area (Å²) in [6.07, 6.45) is 1.82. The van der Waals surface area contributed by atoms with Crippen LogP contribution >= 0.6 is 0 Å². The molecule has 28 heavy (non-hydrogen) atoms. The fourth-order valence-electron chi connectivity index (χ4n) is 3.20. The van der Waals surface area contributed by atoms with Crippen molar-refractivity contribution in [3.8, 4) is 11.4 Å². The van der Waals surface area contributed by atoms with Crippen molar-refractivity contribution < 1.29 is 14.3 Å². The van der Waals surface area contributed by atoms with Gasteiger partial charge in [0.25, 0.3) is 5.56 Å². The summed E-state index contributed by atoms with van der Waals surface area (Å²) in [4.78, 5) is 32.2. The molecule has 1 N–H and O–H groups in total. The molecule has 0 saturated heterocycles. The van der Waals surface area contributed by atoms with E-state index in [0.29, 0.717) is 35.7 Å². The zero-order valence-electron chi connectivity index (χ0n) is 16.7. The van der Waals surface area contributed by atoms with E-state index in [2.05, 4.69) is 4.98 Å². The molecule has 1 aromatic heterocycles. The summed E-state index contributed by atoms with van der Waals surface area (Å²) in [5.74, 6) is -0.223. The molecule has 152 valence electrons. The Morgan fingerprint density at radius 1 is 1.18 bits per heavy atom. The van der Waals surface area contributed by atoms with Gasteiger partial charge in [0.2, 0.25) is 5.91 Å². The van der Waals surface area contributed by atoms with Gasteiger partial charge >= 0.3 is 0 Å². The van der Waals surface area contributed by atoms with Crippen molar-refractivity contribution in [1.82, 2.24) is 14.5 Å². The van der Waals surface area contributed by atoms with E-state index in [1.165, 1.54) is 16.7 Å². The van der Waals surface area contributed by atoms with Crippen LogP contribution in [-0.4, -0.2) is 45.2 Å². The third-order valence-electron chi connectivity index (χ3n) is 4.57. The molecular weight excluding hydrogens is 361 g/mol. The number of rotatable bonds is 9. The molecule has 0 aliphatic heterocycles. The highest BCUT2D eigenvalue weighted by molar-refractivity contribution is 5.76. The molecule has 7 heteroatoms. The molecule has 0 radical (unpaired) electrons. The van der Waals surface area contributed by atoms with Gasteiger partial charge in [0.1, 0.15) is 18.2 Å². The first-order chi connectivity index (χ1) is 13.4. The van der Waals surface area contributed by atoms with Crippen molar-refractivity contribution in [3.63, 3.8) is 0 Å². The smallest absolute Gasteiger partial charge is 0.257 e. The van der Waals surface area contributed by atoms with Crippen LogP contribution in [0, 0.1) is 12.7 Å². The van der Waals surface area contributed by atoms with Crippen LogP contribution in [0.25, 0.3) is 11.4 Å². The Labute approximate surface area is 164 Å². The number of aryl methyl sites for hydroxylation is 1. The van der Waals surface area contributed by atoms with Crippen LogP contribution in [0.3, 0.4) is 0 Å². The van der Waals surface area contributed by atoms with Gasteiger partial charge in [0.05, 0.1) is 0 Å². The normalized spacial score (nSPS) is 10.9. The lowest BCUT2D eigenvalue weighted by molar-refractivity contribution is -0.132. The quantitative estimate of drug-likeness (QED) is 0.715. The molecule has 0 bridgehead atoms. The summed E-state index contributed by atoms with van der Waals surface area (Å²) in [5, 5.41) is 9.29. The van der Waals surface area contributed by atoms with Gasteiger partial charge in [-0.05, 0) is 44.0 Å². The summed E-state index contributed by atoms with van der Waals surface area (Å²) in [6, 6.07) is 5.67. The van der Waals surface area contributed by atoms with E-state index in [4.69, 9.17) is 0 Å². The monoisotopic (exact) mass is 389 g/mol. The van der Waals surface area contributed by atoms with Crippen LogP contribution in [0.2, 0.25) is 0 Å². The molecule has 6 nitrogen and oxygen atoms in total. The van der Waals surface area contributed by atoms with Gasteiger partial charge in [-0.25, -0.2) is 9.37 Å². The van der Waals surface area contributed by atoms with E-state index in [9.17, 15) is 19.1 Å². The molecule has 2 rings (SSSR count). The number of halogens is 1. The molecular formula is C21H28FN3O3. The Hall–Kier alpha value is -2.54. The number of aliphatic hydroxyl groups excluding tert-OH is 1. The predicted octanol–water partition coefficient (Wildman–Crippen LogP) is 2.54. The number of hydrogen-bond acceptors (Lipinski definition) is 4. The van der Waals surface area contributed by atoms with Crippen LogP contribution in [0.1, 0.15) is 37.9 Å². The number of carbonyl (C=O) groups excluding carboxylic acids is 1. The molecule has 0 fully saturated rings. The zero-order chi connectivity index (χ0) is 20.7. The van der Waals surface area contributed by atoms with Gasteiger partial charge in [-0.3, -0.25) is 14.2 Å². The van der Waals surface area contributed by atoms with Gasteiger partial charge < -0.3 is 10.0 Å². The fourth-order valence-corrected chi connectivity index (χ4v) is 3.20. The Morgan fingerprint density at radius 3 is 2.32 bits per heavy atom. The SMILES string of the molecule is CCCN(CCC)C(=O)Cn1c(-c2ccc(F)cc2)nc(C)c(CCO)c1=O. The maximum atomic E-state index is 13.3. The van der Waals surface area contributed by atoms with Crippen LogP contribution in [0.4, 0.5) is 4.39 Å². The van der Waals surface area contributed by atoms with E-state index < -0.39 is 0 Å². The molecule has 0 aliphatic rings. The number of aliphatic hydroxyl groups is 1. The lowest BCUT2D eigenvalue weighted by Gasteiger charge is -2.23. The lowest BCUT2D eigenvalue weighted by atomic mass is 10.1. The van der Waals surface area contributed by atoms with Crippen molar-refractivity contribution in [2.45, 2.75) is 46.6 Å². The first kappa shape index (κ1) is 21.8. The minimum Gasteiger partial charge on any atom is -0.396 e. The molecule has 0 spiro atoms. The van der Waals surface area contributed by atoms with Gasteiger partial charge in [-0.2, -0.15) is 0 Å². The Bertz CT molecular complexity index is 856. The number of hydrogen-bond donors (Lipinski definition) is 1. The first-order valence-corrected chi connectivity index (χ1v) is 9.67. The third-order valence-corrected chi connectivity index (χ3v) is 4.57. The molecule has 0 saturated carbocycles. The summed E-state index contributed by atoms with van der Waals surface area (Å²) < 4.78 is 14.7. The molecule has 0 atom stereocenters. The van der Waals surface area contributed by atoms with E-state index in [1.807, 2.05) is 13.8 Å². The van der Waals surface area contributed by atoms with E-state index >= 15 is 0 Å². The molecule has 0 aliphatic carbocycles. The number of nitrogens with zero attached hydrogens (tertiary/aromatic N) is 3. The summed E-state index contributed by atoms with van der Waals surface area (Å²) in [6.45, 7) is 6.62.